The number of rotatable bonds is 5. The van der Waals surface area contributed by atoms with Crippen molar-refractivity contribution in [2.75, 3.05) is 5.75 Å². The second-order valence-electron chi connectivity index (χ2n) is 5.15. The van der Waals surface area contributed by atoms with Crippen LogP contribution in [0.3, 0.4) is 0 Å². The number of carbonyl (C=O) groups excluding carboxylic acids is 2. The topological polar surface area (TPSA) is 93.0 Å². The van der Waals surface area contributed by atoms with Crippen LogP contribution < -0.4 is 0 Å². The molecular weight excluding hydrogens is 314 g/mol. The summed E-state index contributed by atoms with van der Waals surface area (Å²) >= 11 is 1.24. The minimum absolute atomic E-state index is 0.0453. The number of aryl methyl sites for hydroxylation is 1. The first-order chi connectivity index (χ1) is 11.0. The maximum atomic E-state index is 12.4. The van der Waals surface area contributed by atoms with Crippen LogP contribution >= 0.6 is 11.8 Å². The number of aromatic amines is 1. The molecule has 3 heterocycles. The van der Waals surface area contributed by atoms with E-state index in [1.807, 2.05) is 0 Å². The van der Waals surface area contributed by atoms with E-state index in [-0.39, 0.29) is 17.3 Å². The minimum atomic E-state index is -0.0880. The van der Waals surface area contributed by atoms with Gasteiger partial charge in [0, 0.05) is 23.7 Å². The first kappa shape index (κ1) is 15.4. The number of ketones is 2. The highest BCUT2D eigenvalue weighted by molar-refractivity contribution is 7.99. The molecule has 0 radical (unpaired) electrons. The molecule has 0 atom stereocenters. The number of fused-ring (bicyclic) bond motifs is 1. The third-order valence-electron chi connectivity index (χ3n) is 3.50. The normalized spacial score (nSPS) is 11.1. The second-order valence-corrected chi connectivity index (χ2v) is 6.09. The van der Waals surface area contributed by atoms with Crippen molar-refractivity contribution in [3.63, 3.8) is 0 Å². The summed E-state index contributed by atoms with van der Waals surface area (Å²) in [5, 5.41) is 4.73. The fraction of sp³-hybridized carbons (Fsp3) is 0.267. The van der Waals surface area contributed by atoms with Gasteiger partial charge in [0.05, 0.1) is 11.4 Å². The Balaban J connectivity index is 1.77. The van der Waals surface area contributed by atoms with Crippen molar-refractivity contribution < 1.29 is 9.59 Å². The smallest absolute Gasteiger partial charge is 0.253 e. The number of nitrogens with zero attached hydrogens (tertiary/aromatic N) is 4. The highest BCUT2D eigenvalue weighted by atomic mass is 32.2. The van der Waals surface area contributed by atoms with Crippen molar-refractivity contribution in [2.45, 2.75) is 25.9 Å². The Morgan fingerprint density at radius 1 is 1.35 bits per heavy atom. The van der Waals surface area contributed by atoms with Gasteiger partial charge in [0.15, 0.2) is 11.6 Å². The van der Waals surface area contributed by atoms with E-state index < -0.39 is 0 Å². The molecule has 1 N–H and O–H groups in total. The average molecular weight is 329 g/mol. The first-order valence-electron chi connectivity index (χ1n) is 7.01. The highest BCUT2D eigenvalue weighted by Crippen LogP contribution is 2.21. The van der Waals surface area contributed by atoms with Gasteiger partial charge in [-0.1, -0.05) is 11.8 Å². The fourth-order valence-electron chi connectivity index (χ4n) is 2.53. The summed E-state index contributed by atoms with van der Waals surface area (Å²) in [5.74, 6) is 0.550. The molecule has 118 valence electrons. The summed E-state index contributed by atoms with van der Waals surface area (Å²) in [6.45, 7) is 5.08. The Morgan fingerprint density at radius 3 is 2.78 bits per heavy atom. The first-order valence-corrected chi connectivity index (χ1v) is 7.99. The lowest BCUT2D eigenvalue weighted by atomic mass is 10.1. The highest BCUT2D eigenvalue weighted by Gasteiger charge is 2.20. The van der Waals surface area contributed by atoms with E-state index in [9.17, 15) is 9.59 Å². The van der Waals surface area contributed by atoms with Crippen LogP contribution in [0, 0.1) is 13.8 Å². The Labute approximate surface area is 136 Å². The van der Waals surface area contributed by atoms with Crippen molar-refractivity contribution in [2.24, 2.45) is 0 Å². The van der Waals surface area contributed by atoms with E-state index in [1.165, 1.54) is 18.7 Å². The summed E-state index contributed by atoms with van der Waals surface area (Å²) in [5.41, 5.74) is 2.49. The van der Waals surface area contributed by atoms with Gasteiger partial charge in [0.2, 0.25) is 5.16 Å². The molecule has 0 aliphatic carbocycles. The van der Waals surface area contributed by atoms with Crippen LogP contribution in [-0.2, 0) is 0 Å². The summed E-state index contributed by atoms with van der Waals surface area (Å²) in [6.07, 6.45) is 3.39. The predicted molar refractivity (Wildman–Crippen MR) is 86.1 cm³/mol. The number of H-pyrrole nitrogens is 1. The molecular formula is C15H15N5O2S. The molecule has 0 aliphatic heterocycles. The van der Waals surface area contributed by atoms with E-state index in [1.54, 1.807) is 36.8 Å². The summed E-state index contributed by atoms with van der Waals surface area (Å²) in [4.78, 5) is 35.4. The van der Waals surface area contributed by atoms with Crippen molar-refractivity contribution in [1.82, 2.24) is 24.6 Å². The lowest BCUT2D eigenvalue weighted by molar-refractivity contribution is 0.101. The number of thioether (sulfide) groups is 1. The lowest BCUT2D eigenvalue weighted by Gasteiger charge is -1.99. The van der Waals surface area contributed by atoms with Gasteiger partial charge in [-0.25, -0.2) is 9.50 Å². The van der Waals surface area contributed by atoms with E-state index >= 15 is 0 Å². The second kappa shape index (κ2) is 5.96. The summed E-state index contributed by atoms with van der Waals surface area (Å²) in [6, 6.07) is 1.76. The summed E-state index contributed by atoms with van der Waals surface area (Å²) < 4.78 is 1.56. The van der Waals surface area contributed by atoms with E-state index in [4.69, 9.17) is 0 Å². The number of Topliss-reactive ketones (excluding diaryl/α,β-unsaturated/α-hetero) is 2. The monoisotopic (exact) mass is 329 g/mol. The van der Waals surface area contributed by atoms with Crippen LogP contribution in [0.1, 0.15) is 39.0 Å². The molecule has 0 fully saturated rings. The number of hydrogen-bond donors (Lipinski definition) is 1. The molecule has 0 aliphatic rings. The molecule has 0 saturated carbocycles. The quantitative estimate of drug-likeness (QED) is 0.570. The third-order valence-corrected chi connectivity index (χ3v) is 4.34. The van der Waals surface area contributed by atoms with Crippen LogP contribution in [0.5, 0.6) is 0 Å². The average Bonchev–Trinajstić information content (AvgIpc) is 3.05. The Bertz CT molecular complexity index is 879. The molecule has 0 saturated heterocycles. The Kier molecular flexibility index (Phi) is 3.99. The molecule has 0 amide bonds. The largest absolute Gasteiger partial charge is 0.355 e. The van der Waals surface area contributed by atoms with Crippen LogP contribution in [-0.4, -0.2) is 41.9 Å². The van der Waals surface area contributed by atoms with Gasteiger partial charge in [-0.2, -0.15) is 4.98 Å². The zero-order valence-electron chi connectivity index (χ0n) is 13.0. The zero-order chi connectivity index (χ0) is 16.6. The molecule has 0 unspecified atom stereocenters. The van der Waals surface area contributed by atoms with E-state index in [2.05, 4.69) is 20.1 Å². The molecule has 3 rings (SSSR count). The lowest BCUT2D eigenvalue weighted by Crippen LogP contribution is -2.05. The van der Waals surface area contributed by atoms with E-state index in [0.29, 0.717) is 27.8 Å². The van der Waals surface area contributed by atoms with Crippen LogP contribution in [0.15, 0.2) is 23.6 Å². The SMILES string of the molecule is CC(=O)c1c(C)[nH]c(C(=O)CSc2nc3ncccn3n2)c1C. The maximum Gasteiger partial charge on any atom is 0.253 e. The van der Waals surface area contributed by atoms with Crippen LogP contribution in [0.2, 0.25) is 0 Å². The zero-order valence-corrected chi connectivity index (χ0v) is 13.8. The standard InChI is InChI=1S/C15H15N5O2S/c1-8-12(10(3)21)9(2)17-13(8)11(22)7-23-15-18-14-16-5-4-6-20(14)19-15/h4-6,17H,7H2,1-3H3. The van der Waals surface area contributed by atoms with Gasteiger partial charge in [0.25, 0.3) is 5.78 Å². The van der Waals surface area contributed by atoms with Gasteiger partial charge < -0.3 is 4.98 Å². The molecule has 8 heteroatoms. The van der Waals surface area contributed by atoms with Crippen LogP contribution in [0.4, 0.5) is 0 Å². The molecule has 0 aromatic carbocycles. The molecule has 0 spiro atoms. The maximum absolute atomic E-state index is 12.4. The number of hydrogen-bond acceptors (Lipinski definition) is 6. The molecule has 23 heavy (non-hydrogen) atoms. The Morgan fingerprint density at radius 2 is 2.13 bits per heavy atom. The Hall–Kier alpha value is -2.48. The molecule has 7 nitrogen and oxygen atoms in total. The van der Waals surface area contributed by atoms with Crippen molar-refractivity contribution in [1.29, 1.82) is 0 Å². The van der Waals surface area contributed by atoms with Gasteiger partial charge in [0.1, 0.15) is 0 Å². The number of aromatic nitrogens is 5. The molecule has 3 aromatic heterocycles. The van der Waals surface area contributed by atoms with Gasteiger partial charge in [-0.3, -0.25) is 9.59 Å². The van der Waals surface area contributed by atoms with Crippen molar-refractivity contribution in [3.8, 4) is 0 Å². The van der Waals surface area contributed by atoms with Crippen molar-refractivity contribution >= 4 is 29.1 Å². The van der Waals surface area contributed by atoms with E-state index in [0.717, 1.165) is 5.69 Å². The van der Waals surface area contributed by atoms with Gasteiger partial charge in [-0.05, 0) is 32.4 Å². The molecule has 0 bridgehead atoms. The van der Waals surface area contributed by atoms with Crippen LogP contribution in [0.25, 0.3) is 5.78 Å². The number of nitrogens with one attached hydrogen (secondary N) is 1. The van der Waals surface area contributed by atoms with Gasteiger partial charge in [-0.15, -0.1) is 5.10 Å². The third kappa shape index (κ3) is 2.89. The fourth-order valence-corrected chi connectivity index (χ4v) is 3.23. The number of carbonyl (C=O) groups is 2. The predicted octanol–water partition coefficient (Wildman–Crippen LogP) is 2.25. The van der Waals surface area contributed by atoms with Crippen molar-refractivity contribution in [3.05, 3.63) is 41.0 Å². The summed E-state index contributed by atoms with van der Waals surface area (Å²) in [7, 11) is 0. The van der Waals surface area contributed by atoms with Gasteiger partial charge >= 0.3 is 0 Å². The molecule has 3 aromatic rings. The minimum Gasteiger partial charge on any atom is -0.355 e.